The van der Waals surface area contributed by atoms with Gasteiger partial charge in [0.2, 0.25) is 0 Å². The molecule has 1 rings (SSSR count). The zero-order chi connectivity index (χ0) is 15.2. The van der Waals surface area contributed by atoms with Gasteiger partial charge in [-0.2, -0.15) is 0 Å². The van der Waals surface area contributed by atoms with Crippen molar-refractivity contribution in [2.75, 3.05) is 13.1 Å². The molecule has 0 spiro atoms. The van der Waals surface area contributed by atoms with Gasteiger partial charge in [0.1, 0.15) is 14.3 Å². The normalized spacial score (nSPS) is 13.9. The maximum absolute atomic E-state index is 9.65. The van der Waals surface area contributed by atoms with E-state index in [0.717, 1.165) is 19.5 Å². The van der Waals surface area contributed by atoms with Crippen LogP contribution in [0.4, 0.5) is 0 Å². The number of aliphatic hydroxyl groups excluding tert-OH is 1. The smallest absolute Gasteiger partial charge is 0.131 e. The summed E-state index contributed by atoms with van der Waals surface area (Å²) >= 11 is 0. The molecule has 0 aliphatic rings. The van der Waals surface area contributed by atoms with E-state index < -0.39 is 8.07 Å². The van der Waals surface area contributed by atoms with Crippen LogP contribution in [-0.4, -0.2) is 37.4 Å². The lowest BCUT2D eigenvalue weighted by Gasteiger charge is -2.25. The fourth-order valence-corrected chi connectivity index (χ4v) is 6.29. The van der Waals surface area contributed by atoms with E-state index in [2.05, 4.69) is 38.7 Å². The summed E-state index contributed by atoms with van der Waals surface area (Å²) in [5.41, 5.74) is 1.27. The summed E-state index contributed by atoms with van der Waals surface area (Å²) in [6.45, 7) is 12.6. The molecule has 0 fully saturated rings. The van der Waals surface area contributed by atoms with Gasteiger partial charge in [0.15, 0.2) is 0 Å². The summed E-state index contributed by atoms with van der Waals surface area (Å²) in [6, 6.07) is 6.03. The average molecular weight is 298 g/mol. The van der Waals surface area contributed by atoms with Gasteiger partial charge in [0, 0.05) is 6.54 Å². The van der Waals surface area contributed by atoms with Gasteiger partial charge in [-0.05, 0) is 31.5 Å². The molecule has 20 heavy (non-hydrogen) atoms. The number of hydrogen-bond acceptors (Lipinski definition) is 3. The first-order valence-corrected chi connectivity index (χ1v) is 10.6. The molecule has 0 aromatic carbocycles. The Morgan fingerprint density at radius 2 is 1.80 bits per heavy atom. The van der Waals surface area contributed by atoms with E-state index in [4.69, 9.17) is 4.42 Å². The van der Waals surface area contributed by atoms with Gasteiger partial charge < -0.3 is 9.52 Å². The average Bonchev–Trinajstić information content (AvgIpc) is 2.91. The highest BCUT2D eigenvalue weighted by molar-refractivity contribution is 6.90. The van der Waals surface area contributed by atoms with E-state index in [9.17, 15) is 5.11 Å². The third kappa shape index (κ3) is 3.96. The quantitative estimate of drug-likeness (QED) is 0.562. The second kappa shape index (κ2) is 8.01. The van der Waals surface area contributed by atoms with Crippen molar-refractivity contribution in [2.24, 2.45) is 0 Å². The van der Waals surface area contributed by atoms with Gasteiger partial charge in [-0.3, -0.25) is 4.90 Å². The molecule has 1 atom stereocenters. The van der Waals surface area contributed by atoms with E-state index in [1.807, 2.05) is 13.2 Å². The molecule has 0 aliphatic carbocycles. The minimum atomic E-state index is -1.39. The summed E-state index contributed by atoms with van der Waals surface area (Å²) < 4.78 is 5.91. The Kier molecular flexibility index (Phi) is 6.99. The first kappa shape index (κ1) is 17.5. The van der Waals surface area contributed by atoms with Crippen molar-refractivity contribution in [3.8, 4) is 0 Å². The summed E-state index contributed by atoms with van der Waals surface area (Å²) in [4.78, 5) is 2.07. The molecule has 0 saturated carbocycles. The third-order valence-corrected chi connectivity index (χ3v) is 10.2. The first-order valence-electron chi connectivity index (χ1n) is 8.02. The highest BCUT2D eigenvalue weighted by Crippen LogP contribution is 2.21. The largest absolute Gasteiger partial charge is 0.474 e. The van der Waals surface area contributed by atoms with Crippen LogP contribution in [0.25, 0.3) is 0 Å². The molecule has 1 unspecified atom stereocenters. The van der Waals surface area contributed by atoms with Crippen molar-refractivity contribution in [1.82, 2.24) is 4.90 Å². The molecular weight excluding hydrogens is 266 g/mol. The second-order valence-corrected chi connectivity index (χ2v) is 10.8. The number of rotatable bonds is 9. The molecule has 1 aromatic heterocycles. The Morgan fingerprint density at radius 1 is 1.20 bits per heavy atom. The molecule has 3 nitrogen and oxygen atoms in total. The zero-order valence-corrected chi connectivity index (χ0v) is 14.8. The summed E-state index contributed by atoms with van der Waals surface area (Å²) in [6.07, 6.45) is 2.50. The molecule has 1 heterocycles. The Labute approximate surface area is 125 Å². The number of furan rings is 1. The highest BCUT2D eigenvalue weighted by atomic mass is 28.3. The molecule has 0 aliphatic heterocycles. The van der Waals surface area contributed by atoms with Crippen molar-refractivity contribution in [2.45, 2.75) is 65.4 Å². The Bertz CT molecular complexity index is 377. The molecule has 0 bridgehead atoms. The second-order valence-electron chi connectivity index (χ2n) is 5.67. The standard InChI is InChI=1S/C16H31NO2Si/c1-6-17(14(5)18)11-10-15-12-16(19-13-15)20(7-2,8-3)9-4/h12-14,18H,6-11H2,1-5H3. The van der Waals surface area contributed by atoms with Crippen LogP contribution in [0.3, 0.4) is 0 Å². The predicted molar refractivity (Wildman–Crippen MR) is 88.2 cm³/mol. The Morgan fingerprint density at radius 3 is 2.25 bits per heavy atom. The van der Waals surface area contributed by atoms with Crippen molar-refractivity contribution >= 4 is 13.5 Å². The minimum absolute atomic E-state index is 0.373. The lowest BCUT2D eigenvalue weighted by Crippen LogP contribution is -2.44. The van der Waals surface area contributed by atoms with E-state index in [1.54, 1.807) is 0 Å². The van der Waals surface area contributed by atoms with Gasteiger partial charge in [0.05, 0.1) is 11.6 Å². The molecule has 1 aromatic rings. The molecule has 0 amide bonds. The minimum Gasteiger partial charge on any atom is -0.474 e. The van der Waals surface area contributed by atoms with Gasteiger partial charge in [-0.15, -0.1) is 0 Å². The summed E-state index contributed by atoms with van der Waals surface area (Å²) in [5, 5.41) is 10.9. The van der Waals surface area contributed by atoms with E-state index in [-0.39, 0.29) is 6.23 Å². The zero-order valence-electron chi connectivity index (χ0n) is 13.8. The van der Waals surface area contributed by atoms with Crippen LogP contribution in [0.5, 0.6) is 0 Å². The van der Waals surface area contributed by atoms with Crippen LogP contribution in [0.15, 0.2) is 16.7 Å². The van der Waals surface area contributed by atoms with E-state index in [0.29, 0.717) is 0 Å². The molecular formula is C16H31NO2Si. The maximum atomic E-state index is 9.65. The number of hydrogen-bond donors (Lipinski definition) is 1. The molecule has 0 saturated heterocycles. The van der Waals surface area contributed by atoms with Gasteiger partial charge in [0.25, 0.3) is 0 Å². The Hall–Kier alpha value is -0.583. The van der Waals surface area contributed by atoms with Crippen LogP contribution in [0, 0.1) is 0 Å². The van der Waals surface area contributed by atoms with Gasteiger partial charge >= 0.3 is 0 Å². The van der Waals surface area contributed by atoms with E-state index in [1.165, 1.54) is 29.1 Å². The predicted octanol–water partition coefficient (Wildman–Crippen LogP) is 3.20. The van der Waals surface area contributed by atoms with E-state index >= 15 is 0 Å². The number of nitrogens with zero attached hydrogens (tertiary/aromatic N) is 1. The van der Waals surface area contributed by atoms with Crippen LogP contribution < -0.4 is 5.38 Å². The molecule has 0 radical (unpaired) electrons. The molecule has 1 N–H and O–H groups in total. The van der Waals surface area contributed by atoms with Crippen LogP contribution >= 0.6 is 0 Å². The molecule has 116 valence electrons. The SMILES string of the molecule is CCN(CCc1coc([Si](CC)(CC)CC)c1)C(C)O. The van der Waals surface area contributed by atoms with Crippen LogP contribution in [0.2, 0.25) is 18.1 Å². The first-order chi connectivity index (χ1) is 9.52. The monoisotopic (exact) mass is 297 g/mol. The van der Waals surface area contributed by atoms with Crippen molar-refractivity contribution in [3.05, 3.63) is 17.9 Å². The number of likely N-dealkylation sites (N-methyl/N-ethyl adjacent to an activating group) is 1. The number of aliphatic hydroxyl groups is 1. The summed E-state index contributed by atoms with van der Waals surface area (Å²) in [5.74, 6) is 0. The van der Waals surface area contributed by atoms with Crippen molar-refractivity contribution < 1.29 is 9.52 Å². The van der Waals surface area contributed by atoms with Crippen LogP contribution in [-0.2, 0) is 6.42 Å². The summed E-state index contributed by atoms with van der Waals surface area (Å²) in [7, 11) is -1.39. The molecule has 4 heteroatoms. The fraction of sp³-hybridized carbons (Fsp3) is 0.750. The van der Waals surface area contributed by atoms with Crippen molar-refractivity contribution in [1.29, 1.82) is 0 Å². The lowest BCUT2D eigenvalue weighted by molar-refractivity contribution is 0.0234. The van der Waals surface area contributed by atoms with Crippen LogP contribution in [0.1, 0.15) is 40.2 Å². The van der Waals surface area contributed by atoms with Gasteiger partial charge in [-0.1, -0.05) is 45.8 Å². The lowest BCUT2D eigenvalue weighted by atomic mass is 10.2. The topological polar surface area (TPSA) is 36.6 Å². The van der Waals surface area contributed by atoms with Crippen molar-refractivity contribution in [3.63, 3.8) is 0 Å². The van der Waals surface area contributed by atoms with Gasteiger partial charge in [-0.25, -0.2) is 0 Å². The highest BCUT2D eigenvalue weighted by Gasteiger charge is 2.32. The fourth-order valence-electron chi connectivity index (χ4n) is 2.94. The third-order valence-electron chi connectivity index (χ3n) is 4.83. The Balaban J connectivity index is 2.72. The maximum Gasteiger partial charge on any atom is 0.131 e.